The smallest absolute Gasteiger partial charge is 0.137 e. The predicted molar refractivity (Wildman–Crippen MR) is 86.9 cm³/mol. The van der Waals surface area contributed by atoms with Gasteiger partial charge in [-0.15, -0.1) is 24.8 Å². The highest BCUT2D eigenvalue weighted by Crippen LogP contribution is 2.13. The van der Waals surface area contributed by atoms with Crippen LogP contribution in [0.5, 0.6) is 0 Å². The van der Waals surface area contributed by atoms with Crippen LogP contribution in [-0.4, -0.2) is 33.4 Å². The monoisotopic (exact) mass is 316 g/mol. The molecule has 0 radical (unpaired) electrons. The van der Waals surface area contributed by atoms with Gasteiger partial charge in [-0.2, -0.15) is 0 Å². The van der Waals surface area contributed by atoms with Crippen LogP contribution >= 0.6 is 24.8 Å². The molecule has 0 saturated carbocycles. The SMILES string of the molecule is Cc1ccc2nc(CN3CCC(N)CC3)cn2c1.Cl.Cl. The number of halogens is 2. The van der Waals surface area contributed by atoms with E-state index >= 15 is 0 Å². The molecule has 2 aromatic heterocycles. The third-order valence-corrected chi connectivity index (χ3v) is 3.67. The van der Waals surface area contributed by atoms with Crippen molar-refractivity contribution >= 4 is 30.5 Å². The number of nitrogens with two attached hydrogens (primary N) is 1. The van der Waals surface area contributed by atoms with Gasteiger partial charge in [0.05, 0.1) is 5.69 Å². The third kappa shape index (κ3) is 3.85. The molecule has 3 heterocycles. The standard InChI is InChI=1S/C14H20N4.2ClH/c1-11-2-3-14-16-13(10-18(14)8-11)9-17-6-4-12(15)5-7-17;;/h2-3,8,10,12H,4-7,9,15H2,1H3;2*1H. The average Bonchev–Trinajstić information content (AvgIpc) is 2.73. The highest BCUT2D eigenvalue weighted by molar-refractivity contribution is 5.85. The molecule has 112 valence electrons. The molecule has 2 N–H and O–H groups in total. The molecule has 0 aromatic carbocycles. The van der Waals surface area contributed by atoms with Crippen molar-refractivity contribution in [1.29, 1.82) is 0 Å². The van der Waals surface area contributed by atoms with Gasteiger partial charge in [0.2, 0.25) is 0 Å². The molecule has 0 atom stereocenters. The summed E-state index contributed by atoms with van der Waals surface area (Å²) >= 11 is 0. The van der Waals surface area contributed by atoms with Crippen LogP contribution in [0.25, 0.3) is 5.65 Å². The summed E-state index contributed by atoms with van der Waals surface area (Å²) in [4.78, 5) is 7.10. The van der Waals surface area contributed by atoms with Crippen LogP contribution in [0, 0.1) is 6.92 Å². The van der Waals surface area contributed by atoms with Crippen LogP contribution in [0.4, 0.5) is 0 Å². The van der Waals surface area contributed by atoms with Gasteiger partial charge in [-0.3, -0.25) is 4.90 Å². The Labute approximate surface area is 132 Å². The van der Waals surface area contributed by atoms with Gasteiger partial charge in [-0.25, -0.2) is 4.98 Å². The average molecular weight is 317 g/mol. The van der Waals surface area contributed by atoms with Gasteiger partial charge in [0.1, 0.15) is 5.65 Å². The molecule has 2 aromatic rings. The molecule has 0 bridgehead atoms. The molecule has 0 unspecified atom stereocenters. The minimum absolute atomic E-state index is 0. The van der Waals surface area contributed by atoms with Gasteiger partial charge in [0, 0.05) is 38.1 Å². The third-order valence-electron chi connectivity index (χ3n) is 3.67. The Balaban J connectivity index is 0.000001000. The lowest BCUT2D eigenvalue weighted by Crippen LogP contribution is -2.39. The molecule has 0 amide bonds. The molecule has 3 rings (SSSR count). The van der Waals surface area contributed by atoms with Gasteiger partial charge in [0.25, 0.3) is 0 Å². The van der Waals surface area contributed by atoms with Gasteiger partial charge in [0.15, 0.2) is 0 Å². The number of aromatic nitrogens is 2. The molecule has 1 aliphatic rings. The van der Waals surface area contributed by atoms with Crippen molar-refractivity contribution in [1.82, 2.24) is 14.3 Å². The fourth-order valence-corrected chi connectivity index (χ4v) is 2.57. The van der Waals surface area contributed by atoms with Crippen molar-refractivity contribution in [3.63, 3.8) is 0 Å². The minimum Gasteiger partial charge on any atom is -0.328 e. The second-order valence-corrected chi connectivity index (χ2v) is 5.32. The first kappa shape index (κ1) is 17.2. The first-order valence-corrected chi connectivity index (χ1v) is 6.63. The van der Waals surface area contributed by atoms with E-state index in [4.69, 9.17) is 5.73 Å². The van der Waals surface area contributed by atoms with E-state index in [0.29, 0.717) is 6.04 Å². The number of fused-ring (bicyclic) bond motifs is 1. The molecule has 1 aliphatic heterocycles. The predicted octanol–water partition coefficient (Wildman–Crippen LogP) is 2.41. The number of piperidine rings is 1. The largest absolute Gasteiger partial charge is 0.328 e. The van der Waals surface area contributed by atoms with E-state index in [1.54, 1.807) is 0 Å². The van der Waals surface area contributed by atoms with Gasteiger partial charge in [-0.05, 0) is 31.4 Å². The summed E-state index contributed by atoms with van der Waals surface area (Å²) in [5.74, 6) is 0. The zero-order valence-corrected chi connectivity index (χ0v) is 13.3. The number of likely N-dealkylation sites (tertiary alicyclic amines) is 1. The lowest BCUT2D eigenvalue weighted by atomic mass is 10.1. The molecular weight excluding hydrogens is 295 g/mol. The quantitative estimate of drug-likeness (QED) is 0.925. The first-order chi connectivity index (χ1) is 8.70. The maximum atomic E-state index is 5.92. The number of rotatable bonds is 2. The van der Waals surface area contributed by atoms with Crippen molar-refractivity contribution in [2.45, 2.75) is 32.4 Å². The Morgan fingerprint density at radius 1 is 1.20 bits per heavy atom. The Kier molecular flexibility index (Phi) is 6.27. The van der Waals surface area contributed by atoms with Crippen molar-refractivity contribution in [3.05, 3.63) is 35.8 Å². The van der Waals surface area contributed by atoms with E-state index in [2.05, 4.69) is 45.7 Å². The van der Waals surface area contributed by atoms with E-state index in [-0.39, 0.29) is 24.8 Å². The summed E-state index contributed by atoms with van der Waals surface area (Å²) in [5.41, 5.74) is 9.36. The zero-order valence-electron chi connectivity index (χ0n) is 11.7. The fourth-order valence-electron chi connectivity index (χ4n) is 2.57. The lowest BCUT2D eigenvalue weighted by molar-refractivity contribution is 0.204. The summed E-state index contributed by atoms with van der Waals surface area (Å²) < 4.78 is 2.11. The Bertz CT molecular complexity index is 547. The fraction of sp³-hybridized carbons (Fsp3) is 0.500. The molecule has 20 heavy (non-hydrogen) atoms. The molecule has 6 heteroatoms. The van der Waals surface area contributed by atoms with Crippen LogP contribution < -0.4 is 5.73 Å². The minimum atomic E-state index is 0. The molecular formula is C14H22Cl2N4. The van der Waals surface area contributed by atoms with Crippen LogP contribution in [0.15, 0.2) is 24.5 Å². The van der Waals surface area contributed by atoms with E-state index in [1.165, 1.54) is 5.56 Å². The Morgan fingerprint density at radius 3 is 2.60 bits per heavy atom. The Hall–Kier alpha value is -0.810. The van der Waals surface area contributed by atoms with Crippen LogP contribution in [-0.2, 0) is 6.54 Å². The second-order valence-electron chi connectivity index (χ2n) is 5.32. The van der Waals surface area contributed by atoms with Crippen molar-refractivity contribution in [3.8, 4) is 0 Å². The second kappa shape index (κ2) is 7.27. The highest BCUT2D eigenvalue weighted by atomic mass is 35.5. The zero-order chi connectivity index (χ0) is 12.5. The molecule has 1 fully saturated rings. The van der Waals surface area contributed by atoms with E-state index < -0.39 is 0 Å². The van der Waals surface area contributed by atoms with Crippen molar-refractivity contribution in [2.24, 2.45) is 5.73 Å². The molecule has 0 spiro atoms. The summed E-state index contributed by atoms with van der Waals surface area (Å²) in [6.45, 7) is 5.22. The molecule has 4 nitrogen and oxygen atoms in total. The number of hydrogen-bond acceptors (Lipinski definition) is 3. The Morgan fingerprint density at radius 2 is 1.90 bits per heavy atom. The van der Waals surface area contributed by atoms with Crippen molar-refractivity contribution < 1.29 is 0 Å². The van der Waals surface area contributed by atoms with Crippen LogP contribution in [0.2, 0.25) is 0 Å². The lowest BCUT2D eigenvalue weighted by Gasteiger charge is -2.29. The van der Waals surface area contributed by atoms with E-state index in [0.717, 1.165) is 43.8 Å². The maximum Gasteiger partial charge on any atom is 0.137 e. The number of imidazole rings is 1. The number of pyridine rings is 1. The van der Waals surface area contributed by atoms with Gasteiger partial charge >= 0.3 is 0 Å². The molecule has 1 saturated heterocycles. The van der Waals surface area contributed by atoms with Crippen molar-refractivity contribution in [2.75, 3.05) is 13.1 Å². The van der Waals surface area contributed by atoms with Crippen LogP contribution in [0.3, 0.4) is 0 Å². The van der Waals surface area contributed by atoms with Crippen LogP contribution in [0.1, 0.15) is 24.1 Å². The first-order valence-electron chi connectivity index (χ1n) is 6.63. The number of aryl methyl sites for hydroxylation is 1. The summed E-state index contributed by atoms with van der Waals surface area (Å²) in [6, 6.07) is 4.57. The summed E-state index contributed by atoms with van der Waals surface area (Å²) in [5, 5.41) is 0. The summed E-state index contributed by atoms with van der Waals surface area (Å²) in [7, 11) is 0. The van der Waals surface area contributed by atoms with E-state index in [1.807, 2.05) is 0 Å². The maximum absolute atomic E-state index is 5.92. The molecule has 0 aliphatic carbocycles. The number of hydrogen-bond donors (Lipinski definition) is 1. The topological polar surface area (TPSA) is 46.6 Å². The van der Waals surface area contributed by atoms with Gasteiger partial charge < -0.3 is 10.1 Å². The summed E-state index contributed by atoms with van der Waals surface area (Å²) in [6.07, 6.45) is 6.47. The van der Waals surface area contributed by atoms with Gasteiger partial charge in [-0.1, -0.05) is 6.07 Å². The number of nitrogens with zero attached hydrogens (tertiary/aromatic N) is 3. The van der Waals surface area contributed by atoms with E-state index in [9.17, 15) is 0 Å². The highest BCUT2D eigenvalue weighted by Gasteiger charge is 2.16. The normalized spacial score (nSPS) is 16.7.